The van der Waals surface area contributed by atoms with Gasteiger partial charge in [-0.25, -0.2) is 9.78 Å². The van der Waals surface area contributed by atoms with E-state index in [1.165, 1.54) is 25.7 Å². The standard InChI is InChI=1S/C13H19NO2S/c1-3-9-5-6-10(7-9)12-14-11(8-17-12)13(15)16-4-2/h8-10H,3-7H2,1-2H3. The molecule has 0 amide bonds. The van der Waals surface area contributed by atoms with Crippen molar-refractivity contribution in [1.29, 1.82) is 0 Å². The highest BCUT2D eigenvalue weighted by Gasteiger charge is 2.27. The molecule has 17 heavy (non-hydrogen) atoms. The molecule has 2 unspecified atom stereocenters. The van der Waals surface area contributed by atoms with E-state index >= 15 is 0 Å². The summed E-state index contributed by atoms with van der Waals surface area (Å²) in [5.41, 5.74) is 0.479. The van der Waals surface area contributed by atoms with Crippen molar-refractivity contribution in [3.63, 3.8) is 0 Å². The van der Waals surface area contributed by atoms with E-state index < -0.39 is 0 Å². The monoisotopic (exact) mass is 253 g/mol. The molecule has 1 aromatic rings. The van der Waals surface area contributed by atoms with E-state index in [2.05, 4.69) is 11.9 Å². The fourth-order valence-electron chi connectivity index (χ4n) is 2.44. The second-order valence-corrected chi connectivity index (χ2v) is 5.47. The van der Waals surface area contributed by atoms with Crippen LogP contribution in [0.15, 0.2) is 5.38 Å². The maximum Gasteiger partial charge on any atom is 0.357 e. The van der Waals surface area contributed by atoms with Crippen molar-refractivity contribution in [2.75, 3.05) is 6.61 Å². The lowest BCUT2D eigenvalue weighted by Gasteiger charge is -2.06. The smallest absolute Gasteiger partial charge is 0.357 e. The lowest BCUT2D eigenvalue weighted by molar-refractivity contribution is 0.0520. The average Bonchev–Trinajstić information content (AvgIpc) is 2.98. The highest BCUT2D eigenvalue weighted by molar-refractivity contribution is 7.09. The molecule has 4 heteroatoms. The van der Waals surface area contributed by atoms with Gasteiger partial charge in [0.25, 0.3) is 0 Å². The van der Waals surface area contributed by atoms with E-state index in [1.807, 2.05) is 12.3 Å². The zero-order chi connectivity index (χ0) is 12.3. The van der Waals surface area contributed by atoms with Gasteiger partial charge in [0, 0.05) is 11.3 Å². The number of aromatic nitrogens is 1. The van der Waals surface area contributed by atoms with Crippen molar-refractivity contribution in [2.24, 2.45) is 5.92 Å². The van der Waals surface area contributed by atoms with Crippen molar-refractivity contribution in [3.8, 4) is 0 Å². The molecule has 2 rings (SSSR count). The van der Waals surface area contributed by atoms with E-state index in [9.17, 15) is 4.79 Å². The Morgan fingerprint density at radius 3 is 3.00 bits per heavy atom. The van der Waals surface area contributed by atoms with Crippen LogP contribution in [0.5, 0.6) is 0 Å². The first kappa shape index (κ1) is 12.6. The summed E-state index contributed by atoms with van der Waals surface area (Å²) >= 11 is 1.60. The van der Waals surface area contributed by atoms with Crippen LogP contribution < -0.4 is 0 Å². The maximum atomic E-state index is 11.5. The van der Waals surface area contributed by atoms with Crippen molar-refractivity contribution in [1.82, 2.24) is 4.98 Å². The number of esters is 1. The van der Waals surface area contributed by atoms with Gasteiger partial charge in [0.15, 0.2) is 5.69 Å². The molecule has 1 saturated carbocycles. The molecule has 0 bridgehead atoms. The summed E-state index contributed by atoms with van der Waals surface area (Å²) in [6, 6.07) is 0. The number of ether oxygens (including phenoxy) is 1. The van der Waals surface area contributed by atoms with Crippen LogP contribution in [0.25, 0.3) is 0 Å². The molecule has 0 saturated heterocycles. The molecule has 0 aliphatic heterocycles. The van der Waals surface area contributed by atoms with Crippen LogP contribution in [0.1, 0.15) is 60.9 Å². The molecule has 1 heterocycles. The van der Waals surface area contributed by atoms with E-state index in [0.29, 0.717) is 18.2 Å². The fourth-order valence-corrected chi connectivity index (χ4v) is 3.38. The number of hydrogen-bond acceptors (Lipinski definition) is 4. The minimum atomic E-state index is -0.292. The van der Waals surface area contributed by atoms with Crippen LogP contribution in [-0.4, -0.2) is 17.6 Å². The summed E-state index contributed by atoms with van der Waals surface area (Å²) in [4.78, 5) is 15.9. The molecule has 0 N–H and O–H groups in total. The minimum absolute atomic E-state index is 0.292. The van der Waals surface area contributed by atoms with Gasteiger partial charge in [-0.3, -0.25) is 0 Å². The topological polar surface area (TPSA) is 39.2 Å². The van der Waals surface area contributed by atoms with E-state index in [4.69, 9.17) is 4.74 Å². The fraction of sp³-hybridized carbons (Fsp3) is 0.692. The number of hydrogen-bond donors (Lipinski definition) is 0. The second kappa shape index (κ2) is 5.63. The van der Waals surface area contributed by atoms with Gasteiger partial charge < -0.3 is 4.74 Å². The van der Waals surface area contributed by atoms with E-state index in [0.717, 1.165) is 10.9 Å². The highest BCUT2D eigenvalue weighted by Crippen LogP contribution is 2.40. The lowest BCUT2D eigenvalue weighted by Crippen LogP contribution is -2.05. The van der Waals surface area contributed by atoms with Crippen molar-refractivity contribution >= 4 is 17.3 Å². The lowest BCUT2D eigenvalue weighted by atomic mass is 10.0. The molecular weight excluding hydrogens is 234 g/mol. The Labute approximate surface area is 106 Å². The molecule has 1 aliphatic rings. The first-order valence-electron chi connectivity index (χ1n) is 6.37. The first-order valence-corrected chi connectivity index (χ1v) is 7.25. The quantitative estimate of drug-likeness (QED) is 0.769. The van der Waals surface area contributed by atoms with Crippen LogP contribution in [0.2, 0.25) is 0 Å². The predicted octanol–water partition coefficient (Wildman–Crippen LogP) is 3.61. The van der Waals surface area contributed by atoms with E-state index in [-0.39, 0.29) is 5.97 Å². The normalized spacial score (nSPS) is 23.9. The average molecular weight is 253 g/mol. The Morgan fingerprint density at radius 2 is 2.35 bits per heavy atom. The van der Waals surface area contributed by atoms with Crippen LogP contribution in [-0.2, 0) is 4.74 Å². The predicted molar refractivity (Wildman–Crippen MR) is 68.4 cm³/mol. The summed E-state index contributed by atoms with van der Waals surface area (Å²) in [6.45, 7) is 4.47. The largest absolute Gasteiger partial charge is 0.461 e. The first-order chi connectivity index (χ1) is 8.24. The second-order valence-electron chi connectivity index (χ2n) is 4.58. The molecule has 1 aliphatic carbocycles. The van der Waals surface area contributed by atoms with Gasteiger partial charge in [0.1, 0.15) is 0 Å². The summed E-state index contributed by atoms with van der Waals surface area (Å²) in [5, 5.41) is 2.94. The van der Waals surface area contributed by atoms with Crippen LogP contribution in [0.3, 0.4) is 0 Å². The molecule has 2 atom stereocenters. The molecule has 1 fully saturated rings. The summed E-state index contributed by atoms with van der Waals surface area (Å²) in [6.07, 6.45) is 5.00. The third kappa shape index (κ3) is 2.86. The SMILES string of the molecule is CCOC(=O)c1csc(C2CCC(CC)C2)n1. The summed E-state index contributed by atoms with van der Waals surface area (Å²) < 4.78 is 4.95. The van der Waals surface area contributed by atoms with Crippen LogP contribution >= 0.6 is 11.3 Å². The molecule has 3 nitrogen and oxygen atoms in total. The van der Waals surface area contributed by atoms with Gasteiger partial charge in [-0.2, -0.15) is 0 Å². The number of rotatable bonds is 4. The zero-order valence-electron chi connectivity index (χ0n) is 10.4. The van der Waals surface area contributed by atoms with Crippen LogP contribution in [0.4, 0.5) is 0 Å². The molecule has 1 aromatic heterocycles. The van der Waals surface area contributed by atoms with Crippen molar-refractivity contribution in [2.45, 2.75) is 45.4 Å². The van der Waals surface area contributed by atoms with Crippen LogP contribution in [0, 0.1) is 5.92 Å². The minimum Gasteiger partial charge on any atom is -0.461 e. The summed E-state index contributed by atoms with van der Waals surface area (Å²) in [5.74, 6) is 1.11. The molecule has 94 valence electrons. The number of thiazole rings is 1. The number of nitrogens with zero attached hydrogens (tertiary/aromatic N) is 1. The molecular formula is C13H19NO2S. The van der Waals surface area contributed by atoms with Gasteiger partial charge in [-0.05, 0) is 32.1 Å². The molecule has 0 radical (unpaired) electrons. The Bertz CT molecular complexity index is 389. The number of carbonyl (C=O) groups is 1. The number of carbonyl (C=O) groups excluding carboxylic acids is 1. The Hall–Kier alpha value is -0.900. The van der Waals surface area contributed by atoms with Crippen molar-refractivity contribution < 1.29 is 9.53 Å². The van der Waals surface area contributed by atoms with Crippen molar-refractivity contribution in [3.05, 3.63) is 16.1 Å². The molecule has 0 spiro atoms. The third-order valence-electron chi connectivity index (χ3n) is 3.47. The Morgan fingerprint density at radius 1 is 1.53 bits per heavy atom. The zero-order valence-corrected chi connectivity index (χ0v) is 11.3. The van der Waals surface area contributed by atoms with Gasteiger partial charge >= 0.3 is 5.97 Å². The van der Waals surface area contributed by atoms with Gasteiger partial charge in [0.05, 0.1) is 11.6 Å². The van der Waals surface area contributed by atoms with Gasteiger partial charge in [0.2, 0.25) is 0 Å². The van der Waals surface area contributed by atoms with Gasteiger partial charge in [-0.15, -0.1) is 11.3 Å². The van der Waals surface area contributed by atoms with E-state index in [1.54, 1.807) is 11.3 Å². The maximum absolute atomic E-state index is 11.5. The highest BCUT2D eigenvalue weighted by atomic mass is 32.1. The third-order valence-corrected chi connectivity index (χ3v) is 4.48. The summed E-state index contributed by atoms with van der Waals surface area (Å²) in [7, 11) is 0. The Balaban J connectivity index is 2.01. The van der Waals surface area contributed by atoms with Gasteiger partial charge in [-0.1, -0.05) is 13.3 Å². The molecule has 0 aromatic carbocycles. The Kier molecular flexibility index (Phi) is 4.15.